The fourth-order valence-corrected chi connectivity index (χ4v) is 3.40. The lowest BCUT2D eigenvalue weighted by molar-refractivity contribution is -0.119. The van der Waals surface area contributed by atoms with Crippen LogP contribution in [0.5, 0.6) is 0 Å². The molecule has 0 aliphatic rings. The van der Waals surface area contributed by atoms with E-state index in [0.717, 1.165) is 11.8 Å². The van der Waals surface area contributed by atoms with Crippen molar-refractivity contribution in [2.75, 3.05) is 13.7 Å². The summed E-state index contributed by atoms with van der Waals surface area (Å²) in [7, 11) is 1.43. The Labute approximate surface area is 168 Å². The highest BCUT2D eigenvalue weighted by molar-refractivity contribution is 8.00. The third-order valence-corrected chi connectivity index (χ3v) is 5.01. The van der Waals surface area contributed by atoms with Gasteiger partial charge in [0.25, 0.3) is 5.56 Å². The standard InChI is InChI=1S/C19H26N4O4S/c1-12(2)27-11-7-10-23-17(25)14-8-5-6-9-15(14)21-19(23)28-13(3)16(24)22-18(26)20-4/h5-6,8-9,12-13H,7,10-11H2,1-4H3,(H2,20,22,24,26)/t13-/m0/s1. The van der Waals surface area contributed by atoms with Gasteiger partial charge in [0, 0.05) is 20.2 Å². The number of carbonyl (C=O) groups excluding carboxylic acids is 2. The Morgan fingerprint density at radius 2 is 1.96 bits per heavy atom. The van der Waals surface area contributed by atoms with Gasteiger partial charge in [0.05, 0.1) is 22.3 Å². The van der Waals surface area contributed by atoms with Crippen molar-refractivity contribution in [2.45, 2.75) is 50.2 Å². The van der Waals surface area contributed by atoms with Crippen LogP contribution in [0.25, 0.3) is 10.9 Å². The summed E-state index contributed by atoms with van der Waals surface area (Å²) < 4.78 is 7.12. The Balaban J connectivity index is 2.28. The molecule has 0 aliphatic carbocycles. The van der Waals surface area contributed by atoms with E-state index in [-0.39, 0.29) is 11.7 Å². The summed E-state index contributed by atoms with van der Waals surface area (Å²) in [6.45, 7) is 6.52. The summed E-state index contributed by atoms with van der Waals surface area (Å²) in [5.74, 6) is -0.457. The Hall–Kier alpha value is -2.39. The number of hydrogen-bond donors (Lipinski definition) is 2. The zero-order valence-electron chi connectivity index (χ0n) is 16.5. The summed E-state index contributed by atoms with van der Waals surface area (Å²) in [6.07, 6.45) is 0.763. The van der Waals surface area contributed by atoms with E-state index in [9.17, 15) is 14.4 Å². The van der Waals surface area contributed by atoms with Gasteiger partial charge in [-0.1, -0.05) is 23.9 Å². The van der Waals surface area contributed by atoms with Gasteiger partial charge in [-0.2, -0.15) is 0 Å². The molecular weight excluding hydrogens is 380 g/mol. The van der Waals surface area contributed by atoms with Crippen LogP contribution < -0.4 is 16.2 Å². The Kier molecular flexibility index (Phi) is 8.01. The number of hydrogen-bond acceptors (Lipinski definition) is 6. The number of para-hydroxylation sites is 1. The highest BCUT2D eigenvalue weighted by Gasteiger charge is 2.20. The molecule has 0 bridgehead atoms. The molecule has 0 unspecified atom stereocenters. The highest BCUT2D eigenvalue weighted by Crippen LogP contribution is 2.23. The van der Waals surface area contributed by atoms with Crippen molar-refractivity contribution in [1.82, 2.24) is 20.2 Å². The predicted octanol–water partition coefficient (Wildman–Crippen LogP) is 2.15. The molecular formula is C19H26N4O4S. The molecule has 1 aromatic heterocycles. The smallest absolute Gasteiger partial charge is 0.321 e. The molecule has 0 radical (unpaired) electrons. The molecule has 9 heteroatoms. The molecule has 0 aliphatic heterocycles. The van der Waals surface area contributed by atoms with E-state index in [4.69, 9.17) is 4.74 Å². The minimum Gasteiger partial charge on any atom is -0.379 e. The van der Waals surface area contributed by atoms with Crippen LogP contribution in [0.2, 0.25) is 0 Å². The number of fused-ring (bicyclic) bond motifs is 1. The summed E-state index contributed by atoms with van der Waals surface area (Å²) >= 11 is 1.14. The third kappa shape index (κ3) is 5.80. The lowest BCUT2D eigenvalue weighted by Gasteiger charge is -2.16. The van der Waals surface area contributed by atoms with Gasteiger partial charge < -0.3 is 10.1 Å². The van der Waals surface area contributed by atoms with Crippen LogP contribution in [0, 0.1) is 0 Å². The Morgan fingerprint density at radius 3 is 2.64 bits per heavy atom. The van der Waals surface area contributed by atoms with E-state index < -0.39 is 17.2 Å². The van der Waals surface area contributed by atoms with E-state index >= 15 is 0 Å². The molecule has 0 saturated heterocycles. The van der Waals surface area contributed by atoms with Gasteiger partial charge in [-0.25, -0.2) is 9.78 Å². The third-order valence-electron chi connectivity index (χ3n) is 3.92. The molecule has 0 saturated carbocycles. The summed E-state index contributed by atoms with van der Waals surface area (Å²) in [5, 5.41) is 4.94. The van der Waals surface area contributed by atoms with Gasteiger partial charge in [-0.05, 0) is 39.3 Å². The molecule has 8 nitrogen and oxygen atoms in total. The number of imide groups is 1. The average molecular weight is 407 g/mol. The number of nitrogens with one attached hydrogen (secondary N) is 2. The number of benzene rings is 1. The van der Waals surface area contributed by atoms with Gasteiger partial charge in [-0.15, -0.1) is 0 Å². The summed E-state index contributed by atoms with van der Waals surface area (Å²) in [5.41, 5.74) is 0.417. The SMILES string of the molecule is CNC(=O)NC(=O)[C@H](C)Sc1nc2ccccc2c(=O)n1CCCOC(C)C. The number of carbonyl (C=O) groups is 2. The monoisotopic (exact) mass is 406 g/mol. The van der Waals surface area contributed by atoms with Crippen molar-refractivity contribution in [3.63, 3.8) is 0 Å². The first kappa shape index (κ1) is 21.9. The molecule has 1 heterocycles. The lowest BCUT2D eigenvalue weighted by Crippen LogP contribution is -2.41. The quantitative estimate of drug-likeness (QED) is 0.396. The maximum Gasteiger partial charge on any atom is 0.321 e. The van der Waals surface area contributed by atoms with E-state index in [1.54, 1.807) is 29.7 Å². The van der Waals surface area contributed by atoms with Crippen LogP contribution in [0.15, 0.2) is 34.2 Å². The zero-order valence-corrected chi connectivity index (χ0v) is 17.3. The van der Waals surface area contributed by atoms with Crippen molar-refractivity contribution in [2.24, 2.45) is 0 Å². The molecule has 0 fully saturated rings. The zero-order chi connectivity index (χ0) is 20.7. The van der Waals surface area contributed by atoms with Crippen LogP contribution in [0.1, 0.15) is 27.2 Å². The fraction of sp³-hybridized carbons (Fsp3) is 0.474. The summed E-state index contributed by atoms with van der Waals surface area (Å²) in [4.78, 5) is 41.1. The van der Waals surface area contributed by atoms with Crippen LogP contribution in [0.4, 0.5) is 4.79 Å². The largest absolute Gasteiger partial charge is 0.379 e. The van der Waals surface area contributed by atoms with Crippen molar-refractivity contribution in [1.29, 1.82) is 0 Å². The first-order chi connectivity index (χ1) is 13.3. The molecule has 0 spiro atoms. The van der Waals surface area contributed by atoms with Crippen molar-refractivity contribution < 1.29 is 14.3 Å². The van der Waals surface area contributed by atoms with Gasteiger partial charge in [0.2, 0.25) is 5.91 Å². The van der Waals surface area contributed by atoms with Crippen molar-refractivity contribution in [3.8, 4) is 0 Å². The van der Waals surface area contributed by atoms with Gasteiger partial charge in [-0.3, -0.25) is 19.5 Å². The van der Waals surface area contributed by atoms with Gasteiger partial charge >= 0.3 is 6.03 Å². The fourth-order valence-electron chi connectivity index (χ4n) is 2.46. The van der Waals surface area contributed by atoms with Gasteiger partial charge in [0.15, 0.2) is 5.16 Å². The van der Waals surface area contributed by atoms with Crippen LogP contribution in [0.3, 0.4) is 0 Å². The second-order valence-corrected chi connectivity index (χ2v) is 7.78. The second-order valence-electron chi connectivity index (χ2n) is 6.47. The molecule has 1 aromatic carbocycles. The number of rotatable bonds is 8. The van der Waals surface area contributed by atoms with E-state index in [2.05, 4.69) is 15.6 Å². The minimum absolute atomic E-state index is 0.119. The van der Waals surface area contributed by atoms with E-state index in [0.29, 0.717) is 35.6 Å². The van der Waals surface area contributed by atoms with E-state index in [1.165, 1.54) is 7.05 Å². The molecule has 3 amide bonds. The molecule has 152 valence electrons. The number of ether oxygens (including phenoxy) is 1. The van der Waals surface area contributed by atoms with Gasteiger partial charge in [0.1, 0.15) is 0 Å². The van der Waals surface area contributed by atoms with Crippen molar-refractivity contribution in [3.05, 3.63) is 34.6 Å². The molecule has 2 N–H and O–H groups in total. The lowest BCUT2D eigenvalue weighted by atomic mass is 10.2. The molecule has 2 aromatic rings. The second kappa shape index (κ2) is 10.2. The van der Waals surface area contributed by atoms with Crippen LogP contribution in [-0.4, -0.2) is 46.5 Å². The maximum atomic E-state index is 13.0. The maximum absolute atomic E-state index is 13.0. The minimum atomic E-state index is -0.608. The van der Waals surface area contributed by atoms with E-state index in [1.807, 2.05) is 19.9 Å². The van der Waals surface area contributed by atoms with Crippen LogP contribution in [-0.2, 0) is 16.1 Å². The van der Waals surface area contributed by atoms with Crippen molar-refractivity contribution >= 4 is 34.6 Å². The number of nitrogens with zero attached hydrogens (tertiary/aromatic N) is 2. The molecule has 1 atom stereocenters. The topological polar surface area (TPSA) is 102 Å². The molecule has 2 rings (SSSR count). The number of thioether (sulfide) groups is 1. The number of urea groups is 1. The summed E-state index contributed by atoms with van der Waals surface area (Å²) in [6, 6.07) is 6.53. The average Bonchev–Trinajstić information content (AvgIpc) is 2.66. The normalized spacial score (nSPS) is 12.2. The first-order valence-electron chi connectivity index (χ1n) is 9.14. The number of amides is 3. The number of aromatic nitrogens is 2. The highest BCUT2D eigenvalue weighted by atomic mass is 32.2. The Morgan fingerprint density at radius 1 is 1.25 bits per heavy atom. The first-order valence-corrected chi connectivity index (χ1v) is 10.0. The van der Waals surface area contributed by atoms with Crippen LogP contribution >= 0.6 is 11.8 Å². The predicted molar refractivity (Wildman–Crippen MR) is 110 cm³/mol. The Bertz CT molecular complexity index is 897. The molecule has 28 heavy (non-hydrogen) atoms.